The number of carboxylic acids is 1. The highest BCUT2D eigenvalue weighted by Gasteiger charge is 2.24. The molecular weight excluding hydrogens is 306 g/mol. The molecule has 1 rings (SSSR count). The number of hydrogen-bond acceptors (Lipinski definition) is 6. The summed E-state index contributed by atoms with van der Waals surface area (Å²) in [6, 6.07) is 0.777. The average molecular weight is 319 g/mol. The monoisotopic (exact) mass is 319 g/mol. The lowest BCUT2D eigenvalue weighted by atomic mass is 10.2. The quantitative estimate of drug-likeness (QED) is 0.452. The maximum atomic E-state index is 11.7. The van der Waals surface area contributed by atoms with Crippen molar-refractivity contribution in [3.63, 3.8) is 0 Å². The zero-order valence-electron chi connectivity index (χ0n) is 10.9. The topological polar surface area (TPSA) is 159 Å². The van der Waals surface area contributed by atoms with Crippen molar-refractivity contribution in [3.8, 4) is 0 Å². The number of nitrogens with zero attached hydrogens (tertiary/aromatic N) is 1. The number of sulfone groups is 1. The maximum absolute atomic E-state index is 11.7. The molecule has 0 saturated heterocycles. The number of carbonyl (C=O) groups excluding carboxylic acids is 1. The molecule has 1 unspecified atom stereocenters. The molecule has 0 radical (unpaired) electrons. The molecule has 0 aliphatic carbocycles. The Balaban J connectivity index is 2.76. The van der Waals surface area contributed by atoms with Crippen molar-refractivity contribution >= 4 is 27.5 Å². The summed E-state index contributed by atoms with van der Waals surface area (Å²) in [5.74, 6) is -3.09. The van der Waals surface area contributed by atoms with Gasteiger partial charge in [-0.1, -0.05) is 0 Å². The number of nitro groups is 1. The predicted octanol–water partition coefficient (Wildman–Crippen LogP) is -0.459. The van der Waals surface area contributed by atoms with E-state index in [2.05, 4.69) is 10.3 Å². The van der Waals surface area contributed by atoms with Gasteiger partial charge in [-0.15, -0.1) is 0 Å². The van der Waals surface area contributed by atoms with E-state index in [1.165, 1.54) is 0 Å². The van der Waals surface area contributed by atoms with Crippen LogP contribution < -0.4 is 5.32 Å². The van der Waals surface area contributed by atoms with Crippen LogP contribution in [-0.4, -0.2) is 53.4 Å². The summed E-state index contributed by atoms with van der Waals surface area (Å²) in [7, 11) is -3.37. The van der Waals surface area contributed by atoms with Crippen molar-refractivity contribution in [2.45, 2.75) is 12.5 Å². The van der Waals surface area contributed by atoms with Crippen LogP contribution >= 0.6 is 0 Å². The minimum Gasteiger partial charge on any atom is -0.480 e. The summed E-state index contributed by atoms with van der Waals surface area (Å²) in [6.07, 6.45) is 0.644. The Morgan fingerprint density at radius 3 is 2.52 bits per heavy atom. The zero-order chi connectivity index (χ0) is 16.2. The molecular formula is C10H13N3O7S. The molecule has 0 bridgehead atoms. The molecule has 3 N–H and O–H groups in total. The minimum atomic E-state index is -3.37. The number of amides is 1. The Morgan fingerprint density at radius 2 is 2.10 bits per heavy atom. The van der Waals surface area contributed by atoms with Crippen molar-refractivity contribution in [2.75, 3.05) is 12.0 Å². The van der Waals surface area contributed by atoms with Crippen molar-refractivity contribution in [3.05, 3.63) is 27.9 Å². The van der Waals surface area contributed by atoms with E-state index in [0.29, 0.717) is 0 Å². The summed E-state index contributed by atoms with van der Waals surface area (Å²) in [5, 5.41) is 21.5. The van der Waals surface area contributed by atoms with Crippen LogP contribution in [0.1, 0.15) is 16.9 Å². The van der Waals surface area contributed by atoms with Crippen LogP contribution in [0, 0.1) is 10.1 Å². The number of carbonyl (C=O) groups is 2. The lowest BCUT2D eigenvalue weighted by molar-refractivity contribution is -0.389. The Hall–Kier alpha value is -2.43. The van der Waals surface area contributed by atoms with Gasteiger partial charge in [-0.2, -0.15) is 0 Å². The normalized spacial score (nSPS) is 12.6. The number of aromatic amines is 1. The summed E-state index contributed by atoms with van der Waals surface area (Å²) in [6.45, 7) is 0. The molecule has 0 fully saturated rings. The third-order valence-corrected chi connectivity index (χ3v) is 3.47. The number of aromatic nitrogens is 1. The minimum absolute atomic E-state index is 0.188. The highest BCUT2D eigenvalue weighted by atomic mass is 32.2. The molecule has 1 amide bonds. The van der Waals surface area contributed by atoms with Crippen LogP contribution in [0.5, 0.6) is 0 Å². The first-order valence-electron chi connectivity index (χ1n) is 5.65. The smallest absolute Gasteiger partial charge is 0.326 e. The van der Waals surface area contributed by atoms with Crippen molar-refractivity contribution in [1.82, 2.24) is 10.3 Å². The van der Waals surface area contributed by atoms with Crippen LogP contribution in [0.15, 0.2) is 12.1 Å². The van der Waals surface area contributed by atoms with E-state index in [9.17, 15) is 28.1 Å². The Morgan fingerprint density at radius 1 is 1.48 bits per heavy atom. The molecule has 1 atom stereocenters. The fraction of sp³-hybridized carbons (Fsp3) is 0.400. The van der Waals surface area contributed by atoms with Crippen molar-refractivity contribution < 1.29 is 28.0 Å². The van der Waals surface area contributed by atoms with Gasteiger partial charge in [-0.3, -0.25) is 4.79 Å². The average Bonchev–Trinajstić information content (AvgIpc) is 2.82. The van der Waals surface area contributed by atoms with Gasteiger partial charge in [0.1, 0.15) is 15.9 Å². The van der Waals surface area contributed by atoms with Crippen LogP contribution in [0.2, 0.25) is 0 Å². The van der Waals surface area contributed by atoms with E-state index < -0.39 is 44.2 Å². The fourth-order valence-electron chi connectivity index (χ4n) is 1.45. The summed E-state index contributed by atoms with van der Waals surface area (Å²) < 4.78 is 22.0. The molecule has 1 heterocycles. The number of carboxylic acid groups (broad SMARTS) is 1. The Kier molecular flexibility index (Phi) is 5.02. The predicted molar refractivity (Wildman–Crippen MR) is 70.7 cm³/mol. The zero-order valence-corrected chi connectivity index (χ0v) is 11.7. The fourth-order valence-corrected chi connectivity index (χ4v) is 2.11. The Bertz CT molecular complexity index is 664. The third kappa shape index (κ3) is 5.22. The van der Waals surface area contributed by atoms with Gasteiger partial charge in [-0.25, -0.2) is 18.2 Å². The lowest BCUT2D eigenvalue weighted by Gasteiger charge is -2.12. The first kappa shape index (κ1) is 16.6. The van der Waals surface area contributed by atoms with Crippen LogP contribution in [0.4, 0.5) is 5.82 Å². The van der Waals surface area contributed by atoms with Crippen molar-refractivity contribution in [1.29, 1.82) is 0 Å². The second-order valence-electron chi connectivity index (χ2n) is 4.30. The van der Waals surface area contributed by atoms with Gasteiger partial charge in [0.15, 0.2) is 5.69 Å². The van der Waals surface area contributed by atoms with E-state index in [0.717, 1.165) is 18.4 Å². The highest BCUT2D eigenvalue weighted by Crippen LogP contribution is 2.10. The molecule has 10 nitrogen and oxygen atoms in total. The van der Waals surface area contributed by atoms with Gasteiger partial charge in [0.05, 0.1) is 5.75 Å². The Labute approximate surface area is 119 Å². The molecule has 1 aromatic rings. The second-order valence-corrected chi connectivity index (χ2v) is 6.56. The third-order valence-electron chi connectivity index (χ3n) is 2.49. The van der Waals surface area contributed by atoms with Gasteiger partial charge in [-0.05, 0) is 17.4 Å². The number of rotatable bonds is 7. The van der Waals surface area contributed by atoms with E-state index in [4.69, 9.17) is 5.11 Å². The van der Waals surface area contributed by atoms with Gasteiger partial charge in [0.2, 0.25) is 0 Å². The number of hydrogen-bond donors (Lipinski definition) is 3. The number of H-pyrrole nitrogens is 1. The van der Waals surface area contributed by atoms with E-state index in [1.807, 2.05) is 0 Å². The molecule has 0 saturated carbocycles. The summed E-state index contributed by atoms with van der Waals surface area (Å²) in [5.41, 5.74) is -0.188. The first-order valence-corrected chi connectivity index (χ1v) is 7.71. The molecule has 0 aliphatic rings. The molecule has 0 aliphatic heterocycles. The summed E-state index contributed by atoms with van der Waals surface area (Å²) >= 11 is 0. The van der Waals surface area contributed by atoms with Crippen molar-refractivity contribution in [2.24, 2.45) is 0 Å². The van der Waals surface area contributed by atoms with E-state index >= 15 is 0 Å². The van der Waals surface area contributed by atoms with Crippen LogP contribution in [0.25, 0.3) is 0 Å². The standard InChI is InChI=1S/C10H13N3O7S/c1-21(19,20)5-4-7(10(15)16)12-9(14)6-2-3-8(11-6)13(17)18/h2-3,7,11H,4-5H2,1H3,(H,12,14)(H,15,16). The summed E-state index contributed by atoms with van der Waals surface area (Å²) in [4.78, 5) is 34.6. The van der Waals surface area contributed by atoms with E-state index in [1.54, 1.807) is 0 Å². The molecule has 0 spiro atoms. The molecule has 11 heteroatoms. The molecule has 116 valence electrons. The van der Waals surface area contributed by atoms with Crippen LogP contribution in [-0.2, 0) is 14.6 Å². The van der Waals surface area contributed by atoms with Crippen LogP contribution in [0.3, 0.4) is 0 Å². The van der Waals surface area contributed by atoms with Gasteiger partial charge >= 0.3 is 11.8 Å². The number of aliphatic carboxylic acids is 1. The number of nitrogens with one attached hydrogen (secondary N) is 2. The van der Waals surface area contributed by atoms with Gasteiger partial charge < -0.3 is 20.5 Å². The SMILES string of the molecule is CS(=O)(=O)CCC(NC(=O)c1ccc([N+](=O)[O-])[nH]1)C(=O)O. The molecule has 21 heavy (non-hydrogen) atoms. The van der Waals surface area contributed by atoms with Gasteiger partial charge in [0, 0.05) is 12.3 Å². The molecule has 1 aromatic heterocycles. The largest absolute Gasteiger partial charge is 0.480 e. The highest BCUT2D eigenvalue weighted by molar-refractivity contribution is 7.90. The molecule has 0 aromatic carbocycles. The first-order chi connectivity index (χ1) is 9.60. The van der Waals surface area contributed by atoms with E-state index in [-0.39, 0.29) is 12.1 Å². The van der Waals surface area contributed by atoms with Gasteiger partial charge in [0.25, 0.3) is 5.91 Å². The maximum Gasteiger partial charge on any atom is 0.326 e. The second kappa shape index (κ2) is 6.35. The lowest BCUT2D eigenvalue weighted by Crippen LogP contribution is -2.42.